The predicted molar refractivity (Wildman–Crippen MR) is 47.9 cm³/mol. The Labute approximate surface area is 81.3 Å². The van der Waals surface area contributed by atoms with Crippen molar-refractivity contribution in [1.82, 2.24) is 5.32 Å². The van der Waals surface area contributed by atoms with Crippen LogP contribution >= 0.6 is 0 Å². The van der Waals surface area contributed by atoms with E-state index in [1.54, 1.807) is 0 Å². The van der Waals surface area contributed by atoms with E-state index in [0.717, 1.165) is 0 Å². The number of nitrogens with two attached hydrogens (primary N) is 1. The zero-order chi connectivity index (χ0) is 11.2. The molecular formula is C6H12N2O5S. The Morgan fingerprint density at radius 1 is 1.29 bits per heavy atom. The summed E-state index contributed by atoms with van der Waals surface area (Å²) in [6.07, 6.45) is -0.445. The van der Waals surface area contributed by atoms with Crippen LogP contribution in [0.1, 0.15) is 12.8 Å². The van der Waals surface area contributed by atoms with Crippen LogP contribution in [0.5, 0.6) is 0 Å². The van der Waals surface area contributed by atoms with Crippen LogP contribution in [0.15, 0.2) is 0 Å². The smallest absolute Gasteiger partial charge is 0.305 e. The molecule has 0 radical (unpaired) electrons. The molecule has 82 valence electrons. The van der Waals surface area contributed by atoms with Crippen LogP contribution in [-0.4, -0.2) is 37.7 Å². The van der Waals surface area contributed by atoms with E-state index >= 15 is 0 Å². The van der Waals surface area contributed by atoms with Gasteiger partial charge in [-0.2, -0.15) is 0 Å². The first-order valence-corrected chi connectivity index (χ1v) is 5.52. The van der Waals surface area contributed by atoms with Gasteiger partial charge in [0.25, 0.3) is 0 Å². The van der Waals surface area contributed by atoms with Gasteiger partial charge in [-0.1, -0.05) is 0 Å². The number of carboxylic acids is 1. The van der Waals surface area contributed by atoms with Crippen molar-refractivity contribution in [1.29, 1.82) is 0 Å². The third-order valence-electron chi connectivity index (χ3n) is 1.27. The van der Waals surface area contributed by atoms with Gasteiger partial charge in [0.1, 0.15) is 0 Å². The van der Waals surface area contributed by atoms with Gasteiger partial charge in [0, 0.05) is 13.0 Å². The summed E-state index contributed by atoms with van der Waals surface area (Å²) in [5.74, 6) is -2.00. The number of primary sulfonamides is 1. The fourth-order valence-corrected chi connectivity index (χ4v) is 1.10. The Morgan fingerprint density at radius 2 is 1.86 bits per heavy atom. The first-order chi connectivity index (χ1) is 6.31. The van der Waals surface area contributed by atoms with E-state index in [-0.39, 0.29) is 19.4 Å². The monoisotopic (exact) mass is 224 g/mol. The van der Waals surface area contributed by atoms with E-state index in [0.29, 0.717) is 0 Å². The van der Waals surface area contributed by atoms with Crippen molar-refractivity contribution in [3.63, 3.8) is 0 Å². The molecule has 0 saturated heterocycles. The van der Waals surface area contributed by atoms with Gasteiger partial charge in [-0.15, -0.1) is 0 Å². The number of carboxylic acid groups (broad SMARTS) is 1. The lowest BCUT2D eigenvalue weighted by molar-refractivity contribution is -0.136. The first-order valence-electron chi connectivity index (χ1n) is 3.80. The highest BCUT2D eigenvalue weighted by Gasteiger charge is 2.08. The fourth-order valence-electron chi connectivity index (χ4n) is 0.632. The molecule has 4 N–H and O–H groups in total. The minimum Gasteiger partial charge on any atom is -0.481 e. The van der Waals surface area contributed by atoms with E-state index in [9.17, 15) is 18.0 Å². The molecule has 0 saturated carbocycles. The highest BCUT2D eigenvalue weighted by molar-refractivity contribution is 7.89. The Morgan fingerprint density at radius 3 is 2.29 bits per heavy atom. The van der Waals surface area contributed by atoms with Gasteiger partial charge in [0.2, 0.25) is 15.9 Å². The number of carbonyl (C=O) groups excluding carboxylic acids is 1. The second-order valence-corrected chi connectivity index (χ2v) is 4.34. The van der Waals surface area contributed by atoms with Crippen molar-refractivity contribution in [2.24, 2.45) is 5.14 Å². The number of hydrogen-bond acceptors (Lipinski definition) is 4. The van der Waals surface area contributed by atoms with Crippen LogP contribution in [0.25, 0.3) is 0 Å². The Balaban J connectivity index is 3.62. The van der Waals surface area contributed by atoms with Crippen molar-refractivity contribution in [2.45, 2.75) is 12.8 Å². The Kier molecular flexibility index (Phi) is 5.10. The number of nitrogens with one attached hydrogen (secondary N) is 1. The molecule has 0 aromatic heterocycles. The van der Waals surface area contributed by atoms with Crippen LogP contribution in [0.2, 0.25) is 0 Å². The second-order valence-electron chi connectivity index (χ2n) is 2.61. The molecule has 14 heavy (non-hydrogen) atoms. The summed E-state index contributed by atoms with van der Waals surface area (Å²) < 4.78 is 20.8. The number of sulfonamides is 1. The van der Waals surface area contributed by atoms with E-state index in [2.05, 4.69) is 10.5 Å². The molecule has 0 spiro atoms. The number of hydrogen-bond donors (Lipinski definition) is 3. The van der Waals surface area contributed by atoms with Gasteiger partial charge >= 0.3 is 5.97 Å². The maximum Gasteiger partial charge on any atom is 0.305 e. The molecule has 0 atom stereocenters. The van der Waals surface area contributed by atoms with Gasteiger partial charge in [0.05, 0.1) is 12.2 Å². The molecule has 0 aliphatic heterocycles. The summed E-state index contributed by atoms with van der Waals surface area (Å²) in [5, 5.41) is 15.1. The van der Waals surface area contributed by atoms with E-state index in [1.165, 1.54) is 0 Å². The average Bonchev–Trinajstić information content (AvgIpc) is 1.99. The maximum atomic E-state index is 10.8. The van der Waals surface area contributed by atoms with Crippen LogP contribution in [-0.2, 0) is 19.6 Å². The predicted octanol–water partition coefficient (Wildman–Crippen LogP) is -1.74. The SMILES string of the molecule is NS(=O)(=O)CCC(=O)NCCC(=O)O. The molecule has 0 fully saturated rings. The Bertz CT molecular complexity index is 310. The maximum absolute atomic E-state index is 10.8. The van der Waals surface area contributed by atoms with Gasteiger partial charge in [0.15, 0.2) is 0 Å². The topological polar surface area (TPSA) is 127 Å². The standard InChI is InChI=1S/C6H12N2O5S/c7-14(12,13)4-2-5(9)8-3-1-6(10)11/h1-4H2,(H,8,9)(H,10,11)(H2,7,12,13). The summed E-state index contributed by atoms with van der Waals surface area (Å²) in [5.41, 5.74) is 0. The largest absolute Gasteiger partial charge is 0.481 e. The van der Waals surface area contributed by atoms with Gasteiger partial charge in [-0.3, -0.25) is 9.59 Å². The first kappa shape index (κ1) is 12.8. The number of carbonyl (C=O) groups is 2. The zero-order valence-electron chi connectivity index (χ0n) is 7.39. The highest BCUT2D eigenvalue weighted by Crippen LogP contribution is 1.86. The molecule has 0 aliphatic rings. The molecule has 8 heteroatoms. The summed E-state index contributed by atoms with van der Waals surface area (Å²) in [4.78, 5) is 20.9. The van der Waals surface area contributed by atoms with Gasteiger partial charge in [-0.25, -0.2) is 13.6 Å². The van der Waals surface area contributed by atoms with Crippen molar-refractivity contribution in [3.05, 3.63) is 0 Å². The molecule has 1 amide bonds. The lowest BCUT2D eigenvalue weighted by Gasteiger charge is -2.01. The third kappa shape index (κ3) is 8.94. The van der Waals surface area contributed by atoms with Crippen molar-refractivity contribution in [2.75, 3.05) is 12.3 Å². The molecule has 0 rings (SSSR count). The van der Waals surface area contributed by atoms with E-state index in [4.69, 9.17) is 5.11 Å². The molecule has 0 bridgehead atoms. The fraction of sp³-hybridized carbons (Fsp3) is 0.667. The summed E-state index contributed by atoms with van der Waals surface area (Å²) >= 11 is 0. The number of aliphatic carboxylic acids is 1. The molecule has 7 nitrogen and oxygen atoms in total. The molecule has 0 aliphatic carbocycles. The molecule has 0 heterocycles. The number of rotatable bonds is 6. The van der Waals surface area contributed by atoms with Crippen LogP contribution in [0.4, 0.5) is 0 Å². The van der Waals surface area contributed by atoms with Crippen LogP contribution in [0, 0.1) is 0 Å². The number of amides is 1. The van der Waals surface area contributed by atoms with Crippen LogP contribution in [0.3, 0.4) is 0 Å². The van der Waals surface area contributed by atoms with Crippen molar-refractivity contribution in [3.8, 4) is 0 Å². The lowest BCUT2D eigenvalue weighted by Crippen LogP contribution is -2.29. The highest BCUT2D eigenvalue weighted by atomic mass is 32.2. The third-order valence-corrected chi connectivity index (χ3v) is 2.05. The Hall–Kier alpha value is -1.15. The molecule has 0 unspecified atom stereocenters. The minimum atomic E-state index is -3.64. The van der Waals surface area contributed by atoms with E-state index in [1.807, 2.05) is 0 Å². The summed E-state index contributed by atoms with van der Waals surface area (Å²) in [6, 6.07) is 0. The zero-order valence-corrected chi connectivity index (χ0v) is 8.21. The van der Waals surface area contributed by atoms with Gasteiger partial charge in [-0.05, 0) is 0 Å². The van der Waals surface area contributed by atoms with E-state index < -0.39 is 27.7 Å². The summed E-state index contributed by atoms with van der Waals surface area (Å²) in [7, 11) is -3.64. The molecule has 0 aromatic carbocycles. The normalized spacial score (nSPS) is 10.9. The van der Waals surface area contributed by atoms with Crippen molar-refractivity contribution >= 4 is 21.9 Å². The average molecular weight is 224 g/mol. The van der Waals surface area contributed by atoms with Crippen LogP contribution < -0.4 is 10.5 Å². The lowest BCUT2D eigenvalue weighted by atomic mass is 10.4. The van der Waals surface area contributed by atoms with Gasteiger partial charge < -0.3 is 10.4 Å². The van der Waals surface area contributed by atoms with Crippen molar-refractivity contribution < 1.29 is 23.1 Å². The molecular weight excluding hydrogens is 212 g/mol. The summed E-state index contributed by atoms with van der Waals surface area (Å²) in [6.45, 7) is -0.0151. The minimum absolute atomic E-state index is 0.0151. The second kappa shape index (κ2) is 5.55. The quantitative estimate of drug-likeness (QED) is 0.493. The molecule has 0 aromatic rings.